The number of carbonyl (C=O) groups is 1. The monoisotopic (exact) mass is 554 g/mol. The zero-order valence-corrected chi connectivity index (χ0v) is 21.0. The summed E-state index contributed by atoms with van der Waals surface area (Å²) in [6.07, 6.45) is 3.18. The lowest BCUT2D eigenvalue weighted by molar-refractivity contribution is -0.131. The quantitative estimate of drug-likeness (QED) is 0.221. The predicted molar refractivity (Wildman–Crippen MR) is 129 cm³/mol. The van der Waals surface area contributed by atoms with E-state index in [1.54, 1.807) is 37.7 Å². The van der Waals surface area contributed by atoms with Crippen LogP contribution in [0, 0.1) is 0 Å². The van der Waals surface area contributed by atoms with Crippen molar-refractivity contribution in [3.63, 3.8) is 0 Å². The molecule has 0 aliphatic carbocycles. The molecular formula is C21H23BrN4O5S2. The van der Waals surface area contributed by atoms with Crippen LogP contribution in [0.15, 0.2) is 70.4 Å². The van der Waals surface area contributed by atoms with E-state index in [1.807, 2.05) is 12.1 Å². The summed E-state index contributed by atoms with van der Waals surface area (Å²) in [5.41, 5.74) is 2.38. The Bertz CT molecular complexity index is 1170. The number of amides is 1. The van der Waals surface area contributed by atoms with Crippen molar-refractivity contribution >= 4 is 43.6 Å². The van der Waals surface area contributed by atoms with E-state index >= 15 is 0 Å². The van der Waals surface area contributed by atoms with E-state index in [1.165, 1.54) is 42.4 Å². The van der Waals surface area contributed by atoms with Gasteiger partial charge in [-0.25, -0.2) is 18.9 Å². The van der Waals surface area contributed by atoms with Crippen LogP contribution in [-0.4, -0.2) is 40.3 Å². The molecule has 0 bridgehead atoms. The lowest BCUT2D eigenvalue weighted by atomic mass is 10.0. The van der Waals surface area contributed by atoms with Crippen molar-refractivity contribution in [1.82, 2.24) is 20.2 Å². The number of benzene rings is 2. The summed E-state index contributed by atoms with van der Waals surface area (Å²) in [6, 6.07) is 11.8. The van der Waals surface area contributed by atoms with Crippen molar-refractivity contribution in [2.45, 2.75) is 35.3 Å². The van der Waals surface area contributed by atoms with Crippen LogP contribution in [0.5, 0.6) is 11.5 Å². The molecule has 0 radical (unpaired) electrons. The van der Waals surface area contributed by atoms with Crippen LogP contribution in [0.2, 0.25) is 0 Å². The molecule has 0 spiro atoms. The molecule has 0 saturated heterocycles. The maximum Gasteiger partial charge on any atom is 0.262 e. The second-order valence-electron chi connectivity index (χ2n) is 7.53. The molecule has 0 fully saturated rings. The third-order valence-electron chi connectivity index (χ3n) is 4.68. The molecule has 33 heavy (non-hydrogen) atoms. The molecule has 0 aliphatic rings. The standard InChI is InChI=1S/C21H23BrN4O5S2/c1-21(2,32-12-15-11-23-13-24-15)19(20(27)25-28)26-33(29,30)18-9-7-17(8-10-18)31-16-5-3-14(22)4-6-16/h3-11,13,19,26,28H,12H2,1-2H3,(H,23,24)(H,25,27)/t19-/m0/s1. The summed E-state index contributed by atoms with van der Waals surface area (Å²) in [4.78, 5) is 19.2. The van der Waals surface area contributed by atoms with Crippen LogP contribution in [0.3, 0.4) is 0 Å². The minimum Gasteiger partial charge on any atom is -0.457 e. The van der Waals surface area contributed by atoms with E-state index in [0.717, 1.165) is 10.2 Å². The zero-order valence-electron chi connectivity index (χ0n) is 17.8. The van der Waals surface area contributed by atoms with Gasteiger partial charge < -0.3 is 9.72 Å². The van der Waals surface area contributed by atoms with Gasteiger partial charge in [0, 0.05) is 26.9 Å². The second-order valence-corrected chi connectivity index (χ2v) is 11.8. The minimum absolute atomic E-state index is 0.0456. The molecule has 1 amide bonds. The van der Waals surface area contributed by atoms with E-state index in [9.17, 15) is 18.4 Å². The SMILES string of the molecule is CC(C)(SCc1cnc[nH]1)[C@@H](NS(=O)(=O)c1ccc(Oc2ccc(Br)cc2)cc1)C(=O)NO. The van der Waals surface area contributed by atoms with Crippen molar-refractivity contribution in [3.8, 4) is 11.5 Å². The number of imidazole rings is 1. The highest BCUT2D eigenvalue weighted by Crippen LogP contribution is 2.32. The Labute approximate surface area is 204 Å². The fraction of sp³-hybridized carbons (Fsp3) is 0.238. The van der Waals surface area contributed by atoms with Gasteiger partial charge in [-0.3, -0.25) is 10.0 Å². The molecule has 176 valence electrons. The van der Waals surface area contributed by atoms with Gasteiger partial charge in [0.05, 0.1) is 11.2 Å². The average Bonchev–Trinajstić information content (AvgIpc) is 3.31. The number of aromatic amines is 1. The number of sulfonamides is 1. The van der Waals surface area contributed by atoms with Crippen molar-refractivity contribution in [3.05, 3.63) is 71.2 Å². The van der Waals surface area contributed by atoms with Gasteiger partial charge >= 0.3 is 0 Å². The topological polar surface area (TPSA) is 133 Å². The van der Waals surface area contributed by atoms with Crippen molar-refractivity contribution in [2.75, 3.05) is 0 Å². The van der Waals surface area contributed by atoms with Crippen LogP contribution in [0.1, 0.15) is 19.5 Å². The zero-order chi connectivity index (χ0) is 24.1. The number of halogens is 1. The Morgan fingerprint density at radius 1 is 1.18 bits per heavy atom. The number of rotatable bonds is 10. The molecule has 0 aliphatic heterocycles. The van der Waals surface area contributed by atoms with E-state index < -0.39 is 26.7 Å². The Morgan fingerprint density at radius 3 is 2.33 bits per heavy atom. The molecule has 0 unspecified atom stereocenters. The number of aromatic nitrogens is 2. The highest BCUT2D eigenvalue weighted by atomic mass is 79.9. The molecule has 1 heterocycles. The maximum absolute atomic E-state index is 13.0. The first-order valence-electron chi connectivity index (χ1n) is 9.72. The minimum atomic E-state index is -4.08. The summed E-state index contributed by atoms with van der Waals surface area (Å²) >= 11 is 4.69. The number of hydroxylamine groups is 1. The second kappa shape index (κ2) is 10.7. The van der Waals surface area contributed by atoms with Gasteiger partial charge in [-0.2, -0.15) is 4.72 Å². The Morgan fingerprint density at radius 2 is 1.79 bits per heavy atom. The van der Waals surface area contributed by atoms with E-state index in [0.29, 0.717) is 17.3 Å². The summed E-state index contributed by atoms with van der Waals surface area (Å²) in [7, 11) is -4.08. The molecule has 3 rings (SSSR count). The molecule has 9 nitrogen and oxygen atoms in total. The number of thioether (sulfide) groups is 1. The first-order valence-corrected chi connectivity index (χ1v) is 13.0. The smallest absolute Gasteiger partial charge is 0.262 e. The third-order valence-corrected chi connectivity index (χ3v) is 8.08. The van der Waals surface area contributed by atoms with E-state index in [-0.39, 0.29) is 4.90 Å². The highest BCUT2D eigenvalue weighted by Gasteiger charge is 2.39. The fourth-order valence-electron chi connectivity index (χ4n) is 2.84. The summed E-state index contributed by atoms with van der Waals surface area (Å²) < 4.78 is 34.1. The van der Waals surface area contributed by atoms with Gasteiger partial charge in [0.1, 0.15) is 17.5 Å². The van der Waals surface area contributed by atoms with Gasteiger partial charge in [-0.15, -0.1) is 11.8 Å². The van der Waals surface area contributed by atoms with Gasteiger partial charge in [-0.05, 0) is 62.4 Å². The van der Waals surface area contributed by atoms with Crippen LogP contribution < -0.4 is 14.9 Å². The van der Waals surface area contributed by atoms with Crippen molar-refractivity contribution in [1.29, 1.82) is 0 Å². The highest BCUT2D eigenvalue weighted by molar-refractivity contribution is 9.10. The molecule has 12 heteroatoms. The molecule has 1 aromatic heterocycles. The number of carbonyl (C=O) groups excluding carboxylic acids is 1. The predicted octanol–water partition coefficient (Wildman–Crippen LogP) is 3.83. The maximum atomic E-state index is 13.0. The molecule has 4 N–H and O–H groups in total. The number of nitrogens with one attached hydrogen (secondary N) is 3. The summed E-state index contributed by atoms with van der Waals surface area (Å²) in [6.45, 7) is 3.43. The van der Waals surface area contributed by atoms with Crippen molar-refractivity contribution in [2.24, 2.45) is 0 Å². The lowest BCUT2D eigenvalue weighted by Crippen LogP contribution is -2.55. The number of H-pyrrole nitrogens is 1. The van der Waals surface area contributed by atoms with Gasteiger partial charge in [0.15, 0.2) is 0 Å². The molecule has 3 aromatic rings. The normalized spacial score (nSPS) is 12.8. The average molecular weight is 555 g/mol. The number of hydrogen-bond donors (Lipinski definition) is 4. The Kier molecular flexibility index (Phi) is 8.19. The number of ether oxygens (including phenoxy) is 1. The van der Waals surface area contributed by atoms with Crippen molar-refractivity contribution < 1.29 is 23.2 Å². The first kappa shape index (κ1) is 25.2. The molecular weight excluding hydrogens is 532 g/mol. The fourth-order valence-corrected chi connectivity index (χ4v) is 5.53. The van der Waals surface area contributed by atoms with Gasteiger partial charge in [0.2, 0.25) is 10.0 Å². The largest absolute Gasteiger partial charge is 0.457 e. The van der Waals surface area contributed by atoms with Gasteiger partial charge in [-0.1, -0.05) is 15.9 Å². The lowest BCUT2D eigenvalue weighted by Gasteiger charge is -2.32. The third kappa shape index (κ3) is 6.81. The number of nitrogens with zero attached hydrogens (tertiary/aromatic N) is 1. The van der Waals surface area contributed by atoms with Gasteiger partial charge in [0.25, 0.3) is 5.91 Å². The molecule has 1 atom stereocenters. The summed E-state index contributed by atoms with van der Waals surface area (Å²) in [5, 5.41) is 9.20. The molecule has 0 saturated carbocycles. The van der Waals surface area contributed by atoms with Crippen LogP contribution in [-0.2, 0) is 20.6 Å². The Balaban J connectivity index is 1.74. The summed E-state index contributed by atoms with van der Waals surface area (Å²) in [5.74, 6) is 0.654. The van der Waals surface area contributed by atoms with Crippen LogP contribution in [0.25, 0.3) is 0 Å². The molecule has 2 aromatic carbocycles. The Hall–Kier alpha value is -2.38. The van der Waals surface area contributed by atoms with E-state index in [2.05, 4.69) is 30.6 Å². The van der Waals surface area contributed by atoms with E-state index in [4.69, 9.17) is 4.74 Å². The first-order chi connectivity index (χ1) is 15.6. The van der Waals surface area contributed by atoms with Crippen LogP contribution >= 0.6 is 27.7 Å². The number of hydrogen-bond acceptors (Lipinski definition) is 7. The van der Waals surface area contributed by atoms with Crippen LogP contribution in [0.4, 0.5) is 0 Å².